The summed E-state index contributed by atoms with van der Waals surface area (Å²) >= 11 is 0. The zero-order valence-electron chi connectivity index (χ0n) is 13.4. The lowest BCUT2D eigenvalue weighted by atomic mass is 10.1. The van der Waals surface area contributed by atoms with E-state index < -0.39 is 0 Å². The zero-order chi connectivity index (χ0) is 16.7. The SMILES string of the molecule is CO[C@H](C)c1cccc(NC(=O)NCCc2cccc(O)c2)c1. The van der Waals surface area contributed by atoms with Gasteiger partial charge in [-0.15, -0.1) is 0 Å². The minimum atomic E-state index is -0.257. The highest BCUT2D eigenvalue weighted by atomic mass is 16.5. The van der Waals surface area contributed by atoms with Crippen LogP contribution in [0.2, 0.25) is 0 Å². The van der Waals surface area contributed by atoms with Crippen molar-refractivity contribution in [1.29, 1.82) is 0 Å². The summed E-state index contributed by atoms with van der Waals surface area (Å²) in [6.45, 7) is 2.44. The highest BCUT2D eigenvalue weighted by Gasteiger charge is 2.06. The highest BCUT2D eigenvalue weighted by Crippen LogP contribution is 2.19. The van der Waals surface area contributed by atoms with Crippen molar-refractivity contribution in [3.05, 3.63) is 59.7 Å². The molecule has 0 unspecified atom stereocenters. The Kier molecular flexibility index (Phi) is 6.00. The average Bonchev–Trinajstić information content (AvgIpc) is 2.54. The number of aromatic hydroxyl groups is 1. The first kappa shape index (κ1) is 16.8. The summed E-state index contributed by atoms with van der Waals surface area (Å²) < 4.78 is 5.27. The minimum Gasteiger partial charge on any atom is -0.508 e. The molecule has 0 saturated heterocycles. The number of hydrogen-bond donors (Lipinski definition) is 3. The molecule has 0 spiro atoms. The third kappa shape index (κ3) is 5.30. The number of carbonyl (C=O) groups excluding carboxylic acids is 1. The van der Waals surface area contributed by atoms with Crippen LogP contribution in [-0.4, -0.2) is 24.8 Å². The van der Waals surface area contributed by atoms with Gasteiger partial charge in [-0.25, -0.2) is 4.79 Å². The Morgan fingerprint density at radius 3 is 2.74 bits per heavy atom. The van der Waals surface area contributed by atoms with Crippen molar-refractivity contribution in [3.63, 3.8) is 0 Å². The average molecular weight is 314 g/mol. The van der Waals surface area contributed by atoms with E-state index in [4.69, 9.17) is 4.74 Å². The van der Waals surface area contributed by atoms with Gasteiger partial charge in [0.05, 0.1) is 6.10 Å². The number of methoxy groups -OCH3 is 1. The number of urea groups is 1. The molecule has 0 saturated carbocycles. The summed E-state index contributed by atoms with van der Waals surface area (Å²) in [5, 5.41) is 15.0. The summed E-state index contributed by atoms with van der Waals surface area (Å²) in [6, 6.07) is 14.3. The number of hydrogen-bond acceptors (Lipinski definition) is 3. The number of rotatable bonds is 6. The molecule has 0 heterocycles. The molecule has 23 heavy (non-hydrogen) atoms. The second-order valence-corrected chi connectivity index (χ2v) is 5.30. The molecule has 5 heteroatoms. The molecule has 0 bridgehead atoms. The van der Waals surface area contributed by atoms with Crippen LogP contribution >= 0.6 is 0 Å². The van der Waals surface area contributed by atoms with Crippen LogP contribution in [0.15, 0.2) is 48.5 Å². The first-order chi connectivity index (χ1) is 11.1. The van der Waals surface area contributed by atoms with Crippen LogP contribution < -0.4 is 10.6 Å². The molecule has 122 valence electrons. The zero-order valence-corrected chi connectivity index (χ0v) is 13.4. The van der Waals surface area contributed by atoms with Crippen molar-refractivity contribution in [2.45, 2.75) is 19.4 Å². The van der Waals surface area contributed by atoms with Crippen LogP contribution in [0.3, 0.4) is 0 Å². The molecule has 2 rings (SSSR count). The van der Waals surface area contributed by atoms with E-state index in [1.165, 1.54) is 0 Å². The van der Waals surface area contributed by atoms with Gasteiger partial charge in [0.15, 0.2) is 0 Å². The number of carbonyl (C=O) groups is 1. The first-order valence-electron chi connectivity index (χ1n) is 7.54. The van der Waals surface area contributed by atoms with Gasteiger partial charge in [-0.2, -0.15) is 0 Å². The number of ether oxygens (including phenoxy) is 1. The summed E-state index contributed by atoms with van der Waals surface area (Å²) in [7, 11) is 1.65. The molecule has 1 atom stereocenters. The van der Waals surface area contributed by atoms with E-state index in [2.05, 4.69) is 10.6 Å². The van der Waals surface area contributed by atoms with Gasteiger partial charge in [-0.05, 0) is 48.7 Å². The highest BCUT2D eigenvalue weighted by molar-refractivity contribution is 5.89. The second-order valence-electron chi connectivity index (χ2n) is 5.30. The molecule has 3 N–H and O–H groups in total. The van der Waals surface area contributed by atoms with E-state index in [-0.39, 0.29) is 17.9 Å². The lowest BCUT2D eigenvalue weighted by Crippen LogP contribution is -2.30. The normalized spacial score (nSPS) is 11.7. The monoisotopic (exact) mass is 314 g/mol. The second kappa shape index (κ2) is 8.19. The van der Waals surface area contributed by atoms with Crippen molar-refractivity contribution >= 4 is 11.7 Å². The Morgan fingerprint density at radius 2 is 2.00 bits per heavy atom. The van der Waals surface area contributed by atoms with Gasteiger partial charge in [0.25, 0.3) is 0 Å². The predicted octanol–water partition coefficient (Wildman–Crippen LogP) is 3.46. The fourth-order valence-electron chi connectivity index (χ4n) is 2.21. The fourth-order valence-corrected chi connectivity index (χ4v) is 2.21. The number of nitrogens with one attached hydrogen (secondary N) is 2. The third-order valence-corrected chi connectivity index (χ3v) is 3.58. The maximum Gasteiger partial charge on any atom is 0.319 e. The summed E-state index contributed by atoms with van der Waals surface area (Å²) in [5.41, 5.74) is 2.70. The van der Waals surface area contributed by atoms with Gasteiger partial charge in [0.2, 0.25) is 0 Å². The Labute approximate surface area is 136 Å². The molecule has 0 aliphatic heterocycles. The Bertz CT molecular complexity index is 658. The Hall–Kier alpha value is -2.53. The Balaban J connectivity index is 1.83. The van der Waals surface area contributed by atoms with Crippen molar-refractivity contribution in [2.24, 2.45) is 0 Å². The van der Waals surface area contributed by atoms with Crippen molar-refractivity contribution < 1.29 is 14.6 Å². The standard InChI is InChI=1S/C18H22N2O3/c1-13(23-2)15-6-4-7-16(12-15)20-18(22)19-10-9-14-5-3-8-17(21)11-14/h3-8,11-13,21H,9-10H2,1-2H3,(H2,19,20,22)/t13-/m1/s1. The van der Waals surface area contributed by atoms with Gasteiger partial charge in [0, 0.05) is 19.3 Å². The molecule has 0 aromatic heterocycles. The molecule has 2 aromatic rings. The fraction of sp³-hybridized carbons (Fsp3) is 0.278. The summed E-state index contributed by atoms with van der Waals surface area (Å²) in [4.78, 5) is 11.9. The molecule has 2 amide bonds. The molecule has 0 fully saturated rings. The summed E-state index contributed by atoms with van der Waals surface area (Å²) in [6.07, 6.45) is 0.633. The van der Waals surface area contributed by atoms with Crippen LogP contribution in [0.5, 0.6) is 5.75 Å². The lowest BCUT2D eigenvalue weighted by Gasteiger charge is -2.12. The topological polar surface area (TPSA) is 70.6 Å². The quantitative estimate of drug-likeness (QED) is 0.764. The van der Waals surface area contributed by atoms with Gasteiger partial charge in [-0.1, -0.05) is 24.3 Å². The van der Waals surface area contributed by atoms with Crippen LogP contribution in [0.4, 0.5) is 10.5 Å². The van der Waals surface area contributed by atoms with Crippen LogP contribution in [0.25, 0.3) is 0 Å². The third-order valence-electron chi connectivity index (χ3n) is 3.58. The lowest BCUT2D eigenvalue weighted by molar-refractivity contribution is 0.119. The molecule has 0 aliphatic rings. The number of phenols is 1. The maximum absolute atomic E-state index is 11.9. The number of benzene rings is 2. The predicted molar refractivity (Wildman–Crippen MR) is 90.7 cm³/mol. The summed E-state index contributed by atoms with van der Waals surface area (Å²) in [5.74, 6) is 0.232. The number of phenolic OH excluding ortho intramolecular Hbond substituents is 1. The van der Waals surface area contributed by atoms with Crippen molar-refractivity contribution in [2.75, 3.05) is 19.0 Å². The van der Waals surface area contributed by atoms with E-state index in [0.29, 0.717) is 13.0 Å². The van der Waals surface area contributed by atoms with E-state index in [0.717, 1.165) is 16.8 Å². The molecule has 2 aromatic carbocycles. The smallest absolute Gasteiger partial charge is 0.319 e. The number of amides is 2. The van der Waals surface area contributed by atoms with Crippen LogP contribution in [-0.2, 0) is 11.2 Å². The molecule has 0 radical (unpaired) electrons. The minimum absolute atomic E-state index is 0.0226. The first-order valence-corrected chi connectivity index (χ1v) is 7.54. The van der Waals surface area contributed by atoms with E-state index in [9.17, 15) is 9.90 Å². The van der Waals surface area contributed by atoms with Gasteiger partial charge >= 0.3 is 6.03 Å². The molecule has 0 aliphatic carbocycles. The van der Waals surface area contributed by atoms with Crippen LogP contribution in [0, 0.1) is 0 Å². The van der Waals surface area contributed by atoms with Crippen LogP contribution in [0.1, 0.15) is 24.2 Å². The van der Waals surface area contributed by atoms with Crippen molar-refractivity contribution in [1.82, 2.24) is 5.32 Å². The molecular formula is C18H22N2O3. The number of anilines is 1. The van der Waals surface area contributed by atoms with E-state index in [1.807, 2.05) is 37.3 Å². The van der Waals surface area contributed by atoms with E-state index >= 15 is 0 Å². The van der Waals surface area contributed by atoms with E-state index in [1.54, 1.807) is 25.3 Å². The maximum atomic E-state index is 11.9. The van der Waals surface area contributed by atoms with Gasteiger partial charge < -0.3 is 20.5 Å². The van der Waals surface area contributed by atoms with Gasteiger partial charge in [-0.3, -0.25) is 0 Å². The molecular weight excluding hydrogens is 292 g/mol. The van der Waals surface area contributed by atoms with Crippen molar-refractivity contribution in [3.8, 4) is 5.75 Å². The Morgan fingerprint density at radius 1 is 1.22 bits per heavy atom. The largest absolute Gasteiger partial charge is 0.508 e. The van der Waals surface area contributed by atoms with Gasteiger partial charge in [0.1, 0.15) is 5.75 Å². The molecule has 5 nitrogen and oxygen atoms in total.